The number of fused-ring (bicyclic) bond motifs is 1. The summed E-state index contributed by atoms with van der Waals surface area (Å²) in [6, 6.07) is 3.92. The van der Waals surface area contributed by atoms with E-state index in [-0.39, 0.29) is 5.78 Å². The van der Waals surface area contributed by atoms with Gasteiger partial charge in [0.05, 0.1) is 30.9 Å². The van der Waals surface area contributed by atoms with E-state index in [1.165, 1.54) is 19.2 Å². The summed E-state index contributed by atoms with van der Waals surface area (Å²) < 4.78 is 5.31. The highest BCUT2D eigenvalue weighted by atomic mass is 16.3. The molecule has 0 saturated carbocycles. The highest BCUT2D eigenvalue weighted by molar-refractivity contribution is 5.85. The standard InChI is InChI=1S/C18H18N4O2/c23-16(11-22-3-1-2-4-22)7-15-6-13-5-14(18-10-19-12-24-18)8-21-17(13)9-20-15/h5-6,8-10,12H,1-4,7,11H2. The van der Waals surface area contributed by atoms with Crippen LogP contribution in [0, 0.1) is 0 Å². The van der Waals surface area contributed by atoms with Crippen molar-refractivity contribution in [2.24, 2.45) is 0 Å². The molecule has 0 spiro atoms. The van der Waals surface area contributed by atoms with E-state index in [4.69, 9.17) is 4.42 Å². The zero-order valence-corrected chi connectivity index (χ0v) is 13.3. The molecule has 0 atom stereocenters. The van der Waals surface area contributed by atoms with Gasteiger partial charge in [-0.3, -0.25) is 19.7 Å². The van der Waals surface area contributed by atoms with Gasteiger partial charge in [-0.05, 0) is 38.1 Å². The molecule has 0 N–H and O–H groups in total. The number of Topliss-reactive ketones (excluding diaryl/α,β-unsaturated/α-hetero) is 1. The maximum Gasteiger partial charge on any atom is 0.181 e. The Morgan fingerprint density at radius 1 is 1.12 bits per heavy atom. The lowest BCUT2D eigenvalue weighted by molar-refractivity contribution is -0.119. The SMILES string of the molecule is O=C(Cc1cc2cc(-c3cnco3)cnc2cn1)CN1CCCC1. The molecule has 0 unspecified atom stereocenters. The fourth-order valence-electron chi connectivity index (χ4n) is 3.11. The molecule has 1 saturated heterocycles. The number of rotatable bonds is 5. The Morgan fingerprint density at radius 3 is 2.79 bits per heavy atom. The second-order valence-corrected chi connectivity index (χ2v) is 6.16. The summed E-state index contributed by atoms with van der Waals surface area (Å²) >= 11 is 0. The Balaban J connectivity index is 1.54. The normalized spacial score (nSPS) is 15.2. The maximum atomic E-state index is 12.2. The maximum absolute atomic E-state index is 12.2. The van der Waals surface area contributed by atoms with Crippen molar-refractivity contribution in [2.45, 2.75) is 19.3 Å². The first-order valence-electron chi connectivity index (χ1n) is 8.15. The minimum atomic E-state index is 0.211. The largest absolute Gasteiger partial charge is 0.443 e. The van der Waals surface area contributed by atoms with Crippen molar-refractivity contribution in [1.29, 1.82) is 0 Å². The molecule has 24 heavy (non-hydrogen) atoms. The van der Waals surface area contributed by atoms with Crippen molar-refractivity contribution in [3.63, 3.8) is 0 Å². The van der Waals surface area contributed by atoms with Crippen LogP contribution in [0.15, 0.2) is 41.5 Å². The predicted molar refractivity (Wildman–Crippen MR) is 89.4 cm³/mol. The summed E-state index contributed by atoms with van der Waals surface area (Å²) in [5.41, 5.74) is 2.44. The summed E-state index contributed by atoms with van der Waals surface area (Å²) in [4.78, 5) is 27.2. The molecule has 1 fully saturated rings. The highest BCUT2D eigenvalue weighted by Crippen LogP contribution is 2.22. The van der Waals surface area contributed by atoms with Gasteiger partial charge in [-0.15, -0.1) is 0 Å². The number of carbonyl (C=O) groups is 1. The van der Waals surface area contributed by atoms with Crippen LogP contribution >= 0.6 is 0 Å². The van der Waals surface area contributed by atoms with Crippen LogP contribution in [0.5, 0.6) is 0 Å². The third kappa shape index (κ3) is 3.19. The van der Waals surface area contributed by atoms with Gasteiger partial charge in [-0.1, -0.05) is 0 Å². The topological polar surface area (TPSA) is 72.1 Å². The molecule has 6 heteroatoms. The number of oxazole rings is 1. The van der Waals surface area contributed by atoms with E-state index < -0.39 is 0 Å². The van der Waals surface area contributed by atoms with Gasteiger partial charge in [0, 0.05) is 22.8 Å². The van der Waals surface area contributed by atoms with Crippen LogP contribution in [-0.2, 0) is 11.2 Å². The predicted octanol–water partition coefficient (Wildman–Crippen LogP) is 2.49. The molecule has 0 bridgehead atoms. The third-order valence-electron chi connectivity index (χ3n) is 4.32. The first-order valence-corrected chi connectivity index (χ1v) is 8.15. The van der Waals surface area contributed by atoms with Crippen molar-refractivity contribution in [3.05, 3.63) is 42.8 Å². The molecule has 122 valence electrons. The van der Waals surface area contributed by atoms with Gasteiger partial charge in [0.2, 0.25) is 0 Å². The summed E-state index contributed by atoms with van der Waals surface area (Å²) in [7, 11) is 0. The Labute approximate surface area is 139 Å². The molecule has 4 heterocycles. The average molecular weight is 322 g/mol. The summed E-state index contributed by atoms with van der Waals surface area (Å²) in [6.45, 7) is 2.58. The summed E-state index contributed by atoms with van der Waals surface area (Å²) in [5, 5.41) is 0.947. The minimum Gasteiger partial charge on any atom is -0.443 e. The van der Waals surface area contributed by atoms with E-state index in [1.807, 2.05) is 12.1 Å². The number of hydrogen-bond donors (Lipinski definition) is 0. The van der Waals surface area contributed by atoms with Gasteiger partial charge in [-0.2, -0.15) is 0 Å². The van der Waals surface area contributed by atoms with Crippen molar-refractivity contribution in [2.75, 3.05) is 19.6 Å². The van der Waals surface area contributed by atoms with Crippen molar-refractivity contribution >= 4 is 16.7 Å². The van der Waals surface area contributed by atoms with Crippen LogP contribution in [0.3, 0.4) is 0 Å². The minimum absolute atomic E-state index is 0.211. The van der Waals surface area contributed by atoms with Gasteiger partial charge in [0.25, 0.3) is 0 Å². The smallest absolute Gasteiger partial charge is 0.181 e. The molecular weight excluding hydrogens is 304 g/mol. The number of carbonyl (C=O) groups excluding carboxylic acids is 1. The lowest BCUT2D eigenvalue weighted by atomic mass is 10.1. The fraction of sp³-hybridized carbons (Fsp3) is 0.333. The Morgan fingerprint density at radius 2 is 2.00 bits per heavy atom. The zero-order valence-electron chi connectivity index (χ0n) is 13.3. The van der Waals surface area contributed by atoms with Crippen LogP contribution in [0.4, 0.5) is 0 Å². The van der Waals surface area contributed by atoms with E-state index in [9.17, 15) is 4.79 Å². The van der Waals surface area contributed by atoms with Gasteiger partial charge in [0.15, 0.2) is 17.9 Å². The number of nitrogens with zero attached hydrogens (tertiary/aromatic N) is 4. The molecule has 1 aliphatic heterocycles. The van der Waals surface area contributed by atoms with E-state index >= 15 is 0 Å². The van der Waals surface area contributed by atoms with Gasteiger partial charge in [-0.25, -0.2) is 4.98 Å². The van der Waals surface area contributed by atoms with E-state index in [1.54, 1.807) is 18.6 Å². The van der Waals surface area contributed by atoms with Crippen LogP contribution in [0.1, 0.15) is 18.5 Å². The lowest BCUT2D eigenvalue weighted by Crippen LogP contribution is -2.27. The monoisotopic (exact) mass is 322 g/mol. The molecule has 0 amide bonds. The molecule has 0 aliphatic carbocycles. The van der Waals surface area contributed by atoms with Crippen molar-refractivity contribution in [1.82, 2.24) is 19.9 Å². The first kappa shape index (κ1) is 15.0. The van der Waals surface area contributed by atoms with E-state index in [0.717, 1.165) is 35.2 Å². The van der Waals surface area contributed by atoms with Crippen LogP contribution in [-0.4, -0.2) is 45.3 Å². The second-order valence-electron chi connectivity index (χ2n) is 6.16. The van der Waals surface area contributed by atoms with Crippen molar-refractivity contribution < 1.29 is 9.21 Å². The second kappa shape index (κ2) is 6.49. The average Bonchev–Trinajstić information content (AvgIpc) is 3.27. The number of likely N-dealkylation sites (tertiary alicyclic amines) is 1. The Bertz CT molecular complexity index is 855. The Hall–Kier alpha value is -2.60. The fourth-order valence-corrected chi connectivity index (χ4v) is 3.11. The van der Waals surface area contributed by atoms with Crippen molar-refractivity contribution in [3.8, 4) is 11.3 Å². The van der Waals surface area contributed by atoms with Gasteiger partial charge >= 0.3 is 0 Å². The first-order chi connectivity index (χ1) is 11.8. The molecule has 0 radical (unpaired) electrons. The van der Waals surface area contributed by atoms with E-state index in [0.29, 0.717) is 18.7 Å². The van der Waals surface area contributed by atoms with Gasteiger partial charge in [0.1, 0.15) is 0 Å². The zero-order chi connectivity index (χ0) is 16.4. The van der Waals surface area contributed by atoms with Crippen LogP contribution < -0.4 is 0 Å². The number of hydrogen-bond acceptors (Lipinski definition) is 6. The lowest BCUT2D eigenvalue weighted by Gasteiger charge is -2.13. The molecule has 3 aromatic heterocycles. The number of ketones is 1. The molecule has 3 aromatic rings. The van der Waals surface area contributed by atoms with Crippen LogP contribution in [0.2, 0.25) is 0 Å². The molecule has 1 aliphatic rings. The molecule has 6 nitrogen and oxygen atoms in total. The summed E-state index contributed by atoms with van der Waals surface area (Å²) in [6.07, 6.45) is 9.26. The number of pyridine rings is 2. The van der Waals surface area contributed by atoms with Gasteiger partial charge < -0.3 is 4.42 Å². The Kier molecular flexibility index (Phi) is 4.04. The highest BCUT2D eigenvalue weighted by Gasteiger charge is 2.16. The third-order valence-corrected chi connectivity index (χ3v) is 4.32. The van der Waals surface area contributed by atoms with Crippen LogP contribution in [0.25, 0.3) is 22.2 Å². The molecular formula is C18H18N4O2. The summed E-state index contributed by atoms with van der Waals surface area (Å²) in [5.74, 6) is 0.885. The quantitative estimate of drug-likeness (QED) is 0.718. The van der Waals surface area contributed by atoms with E-state index in [2.05, 4.69) is 19.9 Å². The number of aromatic nitrogens is 3. The molecule has 4 rings (SSSR count). The molecule has 0 aromatic carbocycles.